The quantitative estimate of drug-likeness (QED) is 0.379. The van der Waals surface area contributed by atoms with E-state index in [0.717, 1.165) is 23.2 Å². The smallest absolute Gasteiger partial charge is 0.343 e. The molecule has 1 aliphatic heterocycles. The van der Waals surface area contributed by atoms with Crippen LogP contribution >= 0.6 is 0 Å². The number of fused-ring (bicyclic) bond motifs is 1. The lowest BCUT2D eigenvalue weighted by atomic mass is 10.1. The molecule has 4 nitrogen and oxygen atoms in total. The Hall–Kier alpha value is -2.88. The van der Waals surface area contributed by atoms with Crippen LogP contribution in [0.15, 0.2) is 60.2 Å². The van der Waals surface area contributed by atoms with Crippen molar-refractivity contribution in [1.29, 1.82) is 0 Å². The maximum absolute atomic E-state index is 12.9. The molecular weight excluding hydrogens is 290 g/mol. The molecule has 1 heterocycles. The van der Waals surface area contributed by atoms with Gasteiger partial charge in [0.1, 0.15) is 5.57 Å². The van der Waals surface area contributed by atoms with E-state index in [9.17, 15) is 9.59 Å². The van der Waals surface area contributed by atoms with Crippen molar-refractivity contribution in [3.8, 4) is 0 Å². The number of carbonyl (C=O) groups is 2. The zero-order valence-corrected chi connectivity index (χ0v) is 12.9. The Morgan fingerprint density at radius 2 is 1.74 bits per heavy atom. The fraction of sp³-hybridized carbons (Fsp3) is 0.158. The van der Waals surface area contributed by atoms with Gasteiger partial charge in [-0.15, -0.1) is 0 Å². The number of hydrogen-bond donors (Lipinski definition) is 0. The summed E-state index contributed by atoms with van der Waals surface area (Å²) in [5.74, 6) is -0.950. The number of rotatable bonds is 3. The Morgan fingerprint density at radius 3 is 2.48 bits per heavy atom. The maximum atomic E-state index is 12.9. The van der Waals surface area contributed by atoms with Crippen LogP contribution in [-0.2, 0) is 20.7 Å². The van der Waals surface area contributed by atoms with Crippen molar-refractivity contribution >= 4 is 23.6 Å². The lowest BCUT2D eigenvalue weighted by Crippen LogP contribution is -2.33. The van der Waals surface area contributed by atoms with Crippen LogP contribution in [0.5, 0.6) is 0 Å². The Morgan fingerprint density at radius 1 is 1.04 bits per heavy atom. The molecule has 0 unspecified atom stereocenters. The molecule has 1 aliphatic rings. The van der Waals surface area contributed by atoms with E-state index < -0.39 is 5.97 Å². The van der Waals surface area contributed by atoms with Crippen molar-refractivity contribution in [3.63, 3.8) is 0 Å². The van der Waals surface area contributed by atoms with Gasteiger partial charge in [0.25, 0.3) is 5.91 Å². The number of benzene rings is 2. The summed E-state index contributed by atoms with van der Waals surface area (Å²) in [4.78, 5) is 26.6. The van der Waals surface area contributed by atoms with E-state index in [-0.39, 0.29) is 11.5 Å². The molecule has 0 aromatic heterocycles. The first-order valence-corrected chi connectivity index (χ1v) is 7.45. The van der Waals surface area contributed by atoms with Crippen LogP contribution < -0.4 is 4.90 Å². The zero-order valence-electron chi connectivity index (χ0n) is 12.9. The first-order valence-electron chi connectivity index (χ1n) is 7.45. The third-order valence-electron chi connectivity index (χ3n) is 3.88. The predicted molar refractivity (Wildman–Crippen MR) is 88.9 cm³/mol. The first-order chi connectivity index (χ1) is 11.2. The van der Waals surface area contributed by atoms with Gasteiger partial charge >= 0.3 is 5.97 Å². The summed E-state index contributed by atoms with van der Waals surface area (Å²) in [6.45, 7) is 0.571. The van der Waals surface area contributed by atoms with Gasteiger partial charge in [-0.2, -0.15) is 0 Å². The molecule has 4 heteroatoms. The minimum Gasteiger partial charge on any atom is -0.465 e. The van der Waals surface area contributed by atoms with Crippen LogP contribution in [0.2, 0.25) is 0 Å². The number of hydrogen-bond acceptors (Lipinski definition) is 3. The highest BCUT2D eigenvalue weighted by atomic mass is 16.5. The fourth-order valence-corrected chi connectivity index (χ4v) is 2.73. The van der Waals surface area contributed by atoms with Gasteiger partial charge in [0.15, 0.2) is 0 Å². The van der Waals surface area contributed by atoms with Crippen molar-refractivity contribution in [2.45, 2.75) is 6.42 Å². The van der Waals surface area contributed by atoms with Crippen LogP contribution in [0.4, 0.5) is 5.69 Å². The van der Waals surface area contributed by atoms with Crippen molar-refractivity contribution < 1.29 is 14.3 Å². The van der Waals surface area contributed by atoms with E-state index in [4.69, 9.17) is 4.74 Å². The summed E-state index contributed by atoms with van der Waals surface area (Å²) in [7, 11) is 1.28. The van der Waals surface area contributed by atoms with Crippen molar-refractivity contribution in [1.82, 2.24) is 0 Å². The van der Waals surface area contributed by atoms with E-state index in [1.165, 1.54) is 7.11 Å². The minimum absolute atomic E-state index is 0.0374. The molecule has 0 bridgehead atoms. The molecule has 23 heavy (non-hydrogen) atoms. The third kappa shape index (κ3) is 3.01. The first kappa shape index (κ1) is 15.0. The largest absolute Gasteiger partial charge is 0.465 e. The monoisotopic (exact) mass is 307 g/mol. The van der Waals surface area contributed by atoms with Gasteiger partial charge in [-0.25, -0.2) is 4.79 Å². The normalized spacial score (nSPS) is 13.6. The minimum atomic E-state index is -0.622. The highest BCUT2D eigenvalue weighted by Gasteiger charge is 2.30. The van der Waals surface area contributed by atoms with E-state index >= 15 is 0 Å². The van der Waals surface area contributed by atoms with Gasteiger partial charge < -0.3 is 9.64 Å². The topological polar surface area (TPSA) is 46.6 Å². The van der Waals surface area contributed by atoms with Gasteiger partial charge in [0.2, 0.25) is 0 Å². The average Bonchev–Trinajstić information content (AvgIpc) is 3.03. The molecule has 2 aromatic rings. The molecule has 116 valence electrons. The molecule has 0 saturated heterocycles. The number of methoxy groups -OCH3 is 1. The standard InChI is InChI=1S/C19H17NO3/c1-23-19(22)16(13-14-7-3-2-4-8-14)18(21)20-12-11-15-9-5-6-10-17(15)20/h2-10,13H,11-12H2,1H3/b16-13-. The highest BCUT2D eigenvalue weighted by molar-refractivity contribution is 6.25. The van der Waals surface area contributed by atoms with Crippen LogP contribution in [0.1, 0.15) is 11.1 Å². The van der Waals surface area contributed by atoms with Crippen LogP contribution in [-0.4, -0.2) is 25.5 Å². The number of carbonyl (C=O) groups excluding carboxylic acids is 2. The van der Waals surface area contributed by atoms with E-state index in [1.807, 2.05) is 54.6 Å². The number of esters is 1. The molecule has 3 rings (SSSR count). The molecule has 0 radical (unpaired) electrons. The number of amides is 1. The summed E-state index contributed by atoms with van der Waals surface area (Å²) in [6, 6.07) is 17.0. The SMILES string of the molecule is COC(=O)/C(=C\c1ccccc1)C(=O)N1CCc2ccccc21. The summed E-state index contributed by atoms with van der Waals surface area (Å²) in [5, 5.41) is 0. The molecule has 0 N–H and O–H groups in total. The van der Waals surface area contributed by atoms with Gasteiger partial charge in [-0.1, -0.05) is 48.5 Å². The van der Waals surface area contributed by atoms with Gasteiger partial charge in [-0.05, 0) is 29.7 Å². The summed E-state index contributed by atoms with van der Waals surface area (Å²) in [5.41, 5.74) is 2.80. The summed E-state index contributed by atoms with van der Waals surface area (Å²) >= 11 is 0. The van der Waals surface area contributed by atoms with Crippen LogP contribution in [0.25, 0.3) is 6.08 Å². The van der Waals surface area contributed by atoms with Gasteiger partial charge in [0.05, 0.1) is 7.11 Å². The molecule has 0 fully saturated rings. The second kappa shape index (κ2) is 6.48. The Labute approximate surface area is 135 Å². The molecule has 0 spiro atoms. The van der Waals surface area contributed by atoms with Gasteiger partial charge in [0, 0.05) is 12.2 Å². The van der Waals surface area contributed by atoms with Gasteiger partial charge in [-0.3, -0.25) is 4.79 Å². The number of ether oxygens (including phenoxy) is 1. The second-order valence-electron chi connectivity index (χ2n) is 5.30. The fourth-order valence-electron chi connectivity index (χ4n) is 2.73. The summed E-state index contributed by atoms with van der Waals surface area (Å²) in [6.07, 6.45) is 2.37. The zero-order chi connectivity index (χ0) is 16.2. The third-order valence-corrected chi connectivity index (χ3v) is 3.88. The van der Waals surface area contributed by atoms with Crippen molar-refractivity contribution in [2.24, 2.45) is 0 Å². The number of para-hydroxylation sites is 1. The molecule has 0 aliphatic carbocycles. The highest BCUT2D eigenvalue weighted by Crippen LogP contribution is 2.29. The van der Waals surface area contributed by atoms with Crippen LogP contribution in [0, 0.1) is 0 Å². The summed E-state index contributed by atoms with van der Waals surface area (Å²) < 4.78 is 4.80. The van der Waals surface area contributed by atoms with E-state index in [2.05, 4.69) is 0 Å². The number of anilines is 1. The van der Waals surface area contributed by atoms with Crippen molar-refractivity contribution in [3.05, 3.63) is 71.3 Å². The molecule has 0 saturated carbocycles. The average molecular weight is 307 g/mol. The second-order valence-corrected chi connectivity index (χ2v) is 5.30. The Balaban J connectivity index is 1.97. The maximum Gasteiger partial charge on any atom is 0.343 e. The predicted octanol–water partition coefficient (Wildman–Crippen LogP) is 2.83. The van der Waals surface area contributed by atoms with E-state index in [1.54, 1.807) is 11.0 Å². The Bertz CT molecular complexity index is 765. The van der Waals surface area contributed by atoms with E-state index in [0.29, 0.717) is 6.54 Å². The molecule has 0 atom stereocenters. The lowest BCUT2D eigenvalue weighted by Gasteiger charge is -2.18. The molecule has 2 aromatic carbocycles. The molecular formula is C19H17NO3. The molecule has 1 amide bonds. The van der Waals surface area contributed by atoms with Crippen molar-refractivity contribution in [2.75, 3.05) is 18.6 Å². The Kier molecular flexibility index (Phi) is 4.24. The van der Waals surface area contributed by atoms with Crippen LogP contribution in [0.3, 0.4) is 0 Å². The lowest BCUT2D eigenvalue weighted by molar-refractivity contribution is -0.137. The number of nitrogens with zero attached hydrogens (tertiary/aromatic N) is 1.